The molecule has 3 rings (SSSR count). The summed E-state index contributed by atoms with van der Waals surface area (Å²) < 4.78 is 26.2. The summed E-state index contributed by atoms with van der Waals surface area (Å²) in [6, 6.07) is 4.23. The smallest absolute Gasteiger partial charge is 0.226 e. The number of hydrogen-bond donors (Lipinski definition) is 1. The monoisotopic (exact) mass is 333 g/mol. The van der Waals surface area contributed by atoms with Crippen LogP contribution in [0.4, 0.5) is 4.39 Å². The summed E-state index contributed by atoms with van der Waals surface area (Å²) >= 11 is 0. The van der Waals surface area contributed by atoms with Gasteiger partial charge < -0.3 is 19.4 Å². The van der Waals surface area contributed by atoms with Crippen LogP contribution in [0.1, 0.15) is 23.9 Å². The maximum Gasteiger partial charge on any atom is 0.226 e. The average molecular weight is 333 g/mol. The Morgan fingerprint density at radius 2 is 2.38 bits per heavy atom. The van der Waals surface area contributed by atoms with Crippen LogP contribution in [0.25, 0.3) is 0 Å². The van der Waals surface area contributed by atoms with Crippen molar-refractivity contribution in [3.05, 3.63) is 47.8 Å². The summed E-state index contributed by atoms with van der Waals surface area (Å²) in [5, 5.41) is 2.85. The molecule has 1 aromatic heterocycles. The lowest BCUT2D eigenvalue weighted by Gasteiger charge is -2.18. The van der Waals surface area contributed by atoms with E-state index in [0.717, 1.165) is 5.82 Å². The van der Waals surface area contributed by atoms with Crippen LogP contribution >= 0.6 is 0 Å². The minimum atomic E-state index is -0.366. The normalized spacial score (nSPS) is 20.1. The highest BCUT2D eigenvalue weighted by molar-refractivity contribution is 5.79. The molecule has 0 unspecified atom stereocenters. The Kier molecular flexibility index (Phi) is 4.80. The number of nitrogens with zero attached hydrogens (tertiary/aromatic N) is 2. The zero-order chi connectivity index (χ0) is 17.1. The van der Waals surface area contributed by atoms with Crippen molar-refractivity contribution < 1.29 is 18.7 Å². The summed E-state index contributed by atoms with van der Waals surface area (Å²) in [5.74, 6) is 0.462. The molecule has 0 spiro atoms. The first-order chi connectivity index (χ1) is 11.6. The molecule has 1 aliphatic heterocycles. The van der Waals surface area contributed by atoms with Crippen molar-refractivity contribution in [2.75, 3.05) is 13.7 Å². The zero-order valence-electron chi connectivity index (χ0n) is 13.7. The molecular weight excluding hydrogens is 313 g/mol. The third kappa shape index (κ3) is 3.26. The molecule has 2 heterocycles. The van der Waals surface area contributed by atoms with Gasteiger partial charge in [0.2, 0.25) is 5.91 Å². The second-order valence-corrected chi connectivity index (χ2v) is 5.76. The second kappa shape index (κ2) is 7.00. The third-order valence-corrected chi connectivity index (χ3v) is 4.24. The lowest BCUT2D eigenvalue weighted by Crippen LogP contribution is -2.32. The maximum atomic E-state index is 13.4. The van der Waals surface area contributed by atoms with E-state index in [4.69, 9.17) is 9.47 Å². The van der Waals surface area contributed by atoms with Crippen molar-refractivity contribution in [2.45, 2.75) is 19.1 Å². The number of methoxy groups -OCH3 is 1. The van der Waals surface area contributed by atoms with Gasteiger partial charge in [-0.05, 0) is 24.6 Å². The highest BCUT2D eigenvalue weighted by Crippen LogP contribution is 2.33. The largest absolute Gasteiger partial charge is 0.496 e. The van der Waals surface area contributed by atoms with Gasteiger partial charge >= 0.3 is 0 Å². The van der Waals surface area contributed by atoms with Crippen LogP contribution in [-0.4, -0.2) is 29.2 Å². The first-order valence-corrected chi connectivity index (χ1v) is 7.79. The molecule has 1 N–H and O–H groups in total. The summed E-state index contributed by atoms with van der Waals surface area (Å²) in [6.07, 6.45) is 3.77. The van der Waals surface area contributed by atoms with Gasteiger partial charge in [-0.2, -0.15) is 0 Å². The minimum Gasteiger partial charge on any atom is -0.496 e. The highest BCUT2D eigenvalue weighted by atomic mass is 19.1. The Morgan fingerprint density at radius 1 is 1.54 bits per heavy atom. The Balaban J connectivity index is 1.69. The summed E-state index contributed by atoms with van der Waals surface area (Å²) in [7, 11) is 3.39. The molecule has 6 nitrogen and oxygen atoms in total. The van der Waals surface area contributed by atoms with Gasteiger partial charge in [0.15, 0.2) is 0 Å². The Labute approximate surface area is 139 Å². The average Bonchev–Trinajstić information content (AvgIpc) is 3.21. The lowest BCUT2D eigenvalue weighted by atomic mass is 9.99. The van der Waals surface area contributed by atoms with Crippen molar-refractivity contribution in [1.82, 2.24) is 14.9 Å². The fourth-order valence-corrected chi connectivity index (χ4v) is 2.96. The predicted molar refractivity (Wildman–Crippen MR) is 84.8 cm³/mol. The standard InChI is InChI=1S/C17H20FN3O3/c1-21-7-6-19-16(21)15-13(5-8-24-15)17(22)20-10-11-9-12(18)3-4-14(11)23-2/h3-4,6-7,9,13,15H,5,8,10H2,1-2H3,(H,20,22)/t13-,15-/m1/s1. The van der Waals surface area contributed by atoms with Gasteiger partial charge in [0.05, 0.1) is 13.0 Å². The Morgan fingerprint density at radius 3 is 3.08 bits per heavy atom. The molecule has 1 amide bonds. The number of carbonyl (C=O) groups is 1. The van der Waals surface area contributed by atoms with Gasteiger partial charge in [-0.3, -0.25) is 4.79 Å². The van der Waals surface area contributed by atoms with Gasteiger partial charge in [-0.25, -0.2) is 9.37 Å². The molecular formula is C17H20FN3O3. The van der Waals surface area contributed by atoms with E-state index in [9.17, 15) is 9.18 Å². The number of aromatic nitrogens is 2. The maximum absolute atomic E-state index is 13.4. The van der Waals surface area contributed by atoms with E-state index in [-0.39, 0.29) is 30.3 Å². The van der Waals surface area contributed by atoms with E-state index in [1.807, 2.05) is 17.8 Å². The quantitative estimate of drug-likeness (QED) is 0.908. The van der Waals surface area contributed by atoms with Gasteiger partial charge in [-0.1, -0.05) is 0 Å². The molecule has 1 fully saturated rings. The topological polar surface area (TPSA) is 65.4 Å². The van der Waals surface area contributed by atoms with Crippen LogP contribution in [0.2, 0.25) is 0 Å². The molecule has 0 bridgehead atoms. The first-order valence-electron chi connectivity index (χ1n) is 7.79. The van der Waals surface area contributed by atoms with Crippen molar-refractivity contribution >= 4 is 5.91 Å². The lowest BCUT2D eigenvalue weighted by molar-refractivity contribution is -0.127. The van der Waals surface area contributed by atoms with Crippen molar-refractivity contribution in [1.29, 1.82) is 0 Å². The van der Waals surface area contributed by atoms with Crippen LogP contribution in [0.5, 0.6) is 5.75 Å². The van der Waals surface area contributed by atoms with Gasteiger partial charge in [0.25, 0.3) is 0 Å². The molecule has 0 radical (unpaired) electrons. The number of imidazole rings is 1. The zero-order valence-corrected chi connectivity index (χ0v) is 13.7. The molecule has 1 aromatic carbocycles. The van der Waals surface area contributed by atoms with E-state index < -0.39 is 0 Å². The van der Waals surface area contributed by atoms with Crippen LogP contribution in [0.15, 0.2) is 30.6 Å². The van der Waals surface area contributed by atoms with Crippen LogP contribution < -0.4 is 10.1 Å². The van der Waals surface area contributed by atoms with Crippen molar-refractivity contribution in [3.63, 3.8) is 0 Å². The van der Waals surface area contributed by atoms with E-state index in [1.54, 1.807) is 12.3 Å². The number of amides is 1. The number of halogens is 1. The molecule has 24 heavy (non-hydrogen) atoms. The SMILES string of the molecule is COc1ccc(F)cc1CNC(=O)[C@@H]1CCO[C@H]1c1nccn1C. The van der Waals surface area contributed by atoms with Crippen LogP contribution in [-0.2, 0) is 23.1 Å². The van der Waals surface area contributed by atoms with E-state index in [0.29, 0.717) is 24.3 Å². The number of carbonyl (C=O) groups excluding carboxylic acids is 1. The number of nitrogens with one attached hydrogen (secondary N) is 1. The molecule has 7 heteroatoms. The molecule has 2 aromatic rings. The van der Waals surface area contributed by atoms with Crippen molar-refractivity contribution in [3.8, 4) is 5.75 Å². The number of rotatable bonds is 5. The molecule has 1 saturated heterocycles. The fraction of sp³-hybridized carbons (Fsp3) is 0.412. The fourth-order valence-electron chi connectivity index (χ4n) is 2.96. The second-order valence-electron chi connectivity index (χ2n) is 5.76. The number of aryl methyl sites for hydroxylation is 1. The number of ether oxygens (including phenoxy) is 2. The Bertz CT molecular complexity index is 732. The Hall–Kier alpha value is -2.41. The molecule has 2 atom stereocenters. The van der Waals surface area contributed by atoms with Gasteiger partial charge in [0, 0.05) is 38.2 Å². The molecule has 0 aliphatic carbocycles. The highest BCUT2D eigenvalue weighted by Gasteiger charge is 2.37. The minimum absolute atomic E-state index is 0.133. The number of hydrogen-bond acceptors (Lipinski definition) is 4. The summed E-state index contributed by atoms with van der Waals surface area (Å²) in [6.45, 7) is 0.711. The molecule has 1 aliphatic rings. The molecule has 0 saturated carbocycles. The van der Waals surface area contributed by atoms with Gasteiger partial charge in [0.1, 0.15) is 23.5 Å². The van der Waals surface area contributed by atoms with E-state index in [2.05, 4.69) is 10.3 Å². The summed E-state index contributed by atoms with van der Waals surface area (Å²) in [5.41, 5.74) is 0.596. The molecule has 128 valence electrons. The van der Waals surface area contributed by atoms with Crippen LogP contribution in [0.3, 0.4) is 0 Å². The van der Waals surface area contributed by atoms with E-state index in [1.165, 1.54) is 19.2 Å². The summed E-state index contributed by atoms with van der Waals surface area (Å²) in [4.78, 5) is 16.8. The van der Waals surface area contributed by atoms with E-state index >= 15 is 0 Å². The van der Waals surface area contributed by atoms with Crippen molar-refractivity contribution in [2.24, 2.45) is 13.0 Å². The first kappa shape index (κ1) is 16.4. The predicted octanol–water partition coefficient (Wildman–Crippen LogP) is 1.96. The third-order valence-electron chi connectivity index (χ3n) is 4.24. The van der Waals surface area contributed by atoms with Crippen LogP contribution in [0, 0.1) is 11.7 Å². The van der Waals surface area contributed by atoms with Gasteiger partial charge in [-0.15, -0.1) is 0 Å². The number of benzene rings is 1.